The number of aliphatic hydroxyl groups excluding tert-OH is 2. The lowest BCUT2D eigenvalue weighted by molar-refractivity contribution is -0.150. The molecule has 0 spiro atoms. The zero-order valence-electron chi connectivity index (χ0n) is 41.5. The van der Waals surface area contributed by atoms with Gasteiger partial charge in [-0.2, -0.15) is 0 Å². The SMILES string of the molecule is CCCCCCCC/C=C\C/C=C/CCC(=O)OC(CCCCC/C=C/CCCCCCCCC)CC(=O)NC(CO)C(O)CCCCCCCCCCCCCCCCCC. The molecule has 1 amide bonds. The lowest BCUT2D eigenvalue weighted by atomic mass is 10.0. The molecule has 0 aromatic carbocycles. The number of carbonyl (C=O) groups excluding carboxylic acids is 2. The van der Waals surface area contributed by atoms with Crippen LogP contribution in [0.2, 0.25) is 0 Å². The molecule has 0 fully saturated rings. The summed E-state index contributed by atoms with van der Waals surface area (Å²) in [7, 11) is 0. The molecule has 0 radical (unpaired) electrons. The number of carbonyl (C=O) groups is 2. The molecule has 0 saturated carbocycles. The number of hydrogen-bond donors (Lipinski definition) is 3. The average molecular weight is 872 g/mol. The van der Waals surface area contributed by atoms with Gasteiger partial charge in [0, 0.05) is 6.42 Å². The summed E-state index contributed by atoms with van der Waals surface area (Å²) in [5.41, 5.74) is 0. The fourth-order valence-corrected chi connectivity index (χ4v) is 8.30. The minimum Gasteiger partial charge on any atom is -0.462 e. The van der Waals surface area contributed by atoms with Crippen LogP contribution in [0.4, 0.5) is 0 Å². The molecule has 3 N–H and O–H groups in total. The Kier molecular flexibility index (Phi) is 48.5. The van der Waals surface area contributed by atoms with Gasteiger partial charge in [0.1, 0.15) is 6.10 Å². The zero-order chi connectivity index (χ0) is 45.2. The molecule has 0 saturated heterocycles. The molecule has 3 unspecified atom stereocenters. The number of ether oxygens (including phenoxy) is 1. The molecule has 6 heteroatoms. The predicted molar refractivity (Wildman–Crippen MR) is 269 cm³/mol. The van der Waals surface area contributed by atoms with Crippen LogP contribution < -0.4 is 5.32 Å². The van der Waals surface area contributed by atoms with Crippen molar-refractivity contribution in [3.63, 3.8) is 0 Å². The van der Waals surface area contributed by atoms with E-state index in [0.717, 1.165) is 64.2 Å². The smallest absolute Gasteiger partial charge is 0.306 e. The van der Waals surface area contributed by atoms with Crippen LogP contribution in [0.1, 0.15) is 284 Å². The Morgan fingerprint density at radius 2 is 0.823 bits per heavy atom. The first-order valence-electron chi connectivity index (χ1n) is 27.2. The van der Waals surface area contributed by atoms with Crippen molar-refractivity contribution in [3.05, 3.63) is 36.5 Å². The van der Waals surface area contributed by atoms with E-state index < -0.39 is 18.2 Å². The van der Waals surface area contributed by atoms with Crippen LogP contribution in [0.3, 0.4) is 0 Å². The van der Waals surface area contributed by atoms with Gasteiger partial charge in [-0.3, -0.25) is 9.59 Å². The monoisotopic (exact) mass is 872 g/mol. The minimum atomic E-state index is -0.798. The summed E-state index contributed by atoms with van der Waals surface area (Å²) in [6.45, 7) is 6.48. The van der Waals surface area contributed by atoms with Gasteiger partial charge in [0.25, 0.3) is 0 Å². The van der Waals surface area contributed by atoms with Crippen molar-refractivity contribution in [2.45, 2.75) is 302 Å². The Labute approximate surface area is 385 Å². The average Bonchev–Trinajstić information content (AvgIpc) is 3.26. The first kappa shape index (κ1) is 60.1. The van der Waals surface area contributed by atoms with E-state index >= 15 is 0 Å². The van der Waals surface area contributed by atoms with E-state index in [2.05, 4.69) is 56.5 Å². The third kappa shape index (κ3) is 44.7. The topological polar surface area (TPSA) is 95.9 Å². The standard InChI is InChI=1S/C56H105NO5/c1-4-7-10-13-16-19-22-25-27-28-31-33-36-39-42-45-48-54(59)53(51-58)57-55(60)50-52(47-44-41-38-35-32-30-26-23-20-17-14-11-8-5-2)62-56(61)49-46-43-40-37-34-29-24-21-18-15-12-9-6-3/h29-30,32,34,40,43,52-54,58-59H,4-28,31,33,35-39,41-42,44-51H2,1-3H3,(H,57,60)/b32-30+,34-29-,43-40+. The van der Waals surface area contributed by atoms with Crippen LogP contribution in [0.15, 0.2) is 36.5 Å². The molecule has 0 heterocycles. The van der Waals surface area contributed by atoms with E-state index in [1.165, 1.54) is 167 Å². The van der Waals surface area contributed by atoms with E-state index in [1.54, 1.807) is 0 Å². The minimum absolute atomic E-state index is 0.0472. The second kappa shape index (κ2) is 50.1. The highest BCUT2D eigenvalue weighted by Gasteiger charge is 2.24. The molecule has 0 aromatic heterocycles. The predicted octanol–water partition coefficient (Wildman–Crippen LogP) is 16.5. The Balaban J connectivity index is 4.60. The number of esters is 1. The van der Waals surface area contributed by atoms with Gasteiger partial charge in [0.05, 0.1) is 25.2 Å². The lowest BCUT2D eigenvalue weighted by Gasteiger charge is -2.24. The number of rotatable bonds is 49. The largest absolute Gasteiger partial charge is 0.462 e. The van der Waals surface area contributed by atoms with E-state index in [9.17, 15) is 19.8 Å². The van der Waals surface area contributed by atoms with E-state index in [0.29, 0.717) is 19.3 Å². The molecular formula is C56H105NO5. The van der Waals surface area contributed by atoms with Gasteiger partial charge < -0.3 is 20.3 Å². The maximum absolute atomic E-state index is 13.2. The van der Waals surface area contributed by atoms with Crippen molar-refractivity contribution >= 4 is 11.9 Å². The Bertz CT molecular complexity index is 1020. The van der Waals surface area contributed by atoms with Gasteiger partial charge in [-0.1, -0.05) is 237 Å². The molecule has 364 valence electrons. The first-order valence-corrected chi connectivity index (χ1v) is 27.2. The van der Waals surface area contributed by atoms with Crippen molar-refractivity contribution in [2.75, 3.05) is 6.61 Å². The molecule has 0 aliphatic rings. The molecule has 6 nitrogen and oxygen atoms in total. The highest BCUT2D eigenvalue weighted by Crippen LogP contribution is 2.17. The van der Waals surface area contributed by atoms with Gasteiger partial charge in [-0.15, -0.1) is 0 Å². The Hall–Kier alpha value is -1.92. The highest BCUT2D eigenvalue weighted by atomic mass is 16.5. The maximum Gasteiger partial charge on any atom is 0.306 e. The molecule has 3 atom stereocenters. The molecule has 0 aromatic rings. The number of unbranched alkanes of at least 4 members (excludes halogenated alkanes) is 31. The third-order valence-electron chi connectivity index (χ3n) is 12.5. The second-order valence-electron chi connectivity index (χ2n) is 18.6. The lowest BCUT2D eigenvalue weighted by Crippen LogP contribution is -2.46. The summed E-state index contributed by atoms with van der Waals surface area (Å²) < 4.78 is 5.89. The number of amides is 1. The molecule has 62 heavy (non-hydrogen) atoms. The number of allylic oxidation sites excluding steroid dienone is 6. The van der Waals surface area contributed by atoms with Crippen molar-refractivity contribution in [1.82, 2.24) is 5.32 Å². The van der Waals surface area contributed by atoms with Crippen molar-refractivity contribution in [1.29, 1.82) is 0 Å². The zero-order valence-corrected chi connectivity index (χ0v) is 41.5. The number of hydrogen-bond acceptors (Lipinski definition) is 5. The van der Waals surface area contributed by atoms with Gasteiger partial charge in [0.15, 0.2) is 0 Å². The van der Waals surface area contributed by atoms with Crippen molar-refractivity contribution < 1.29 is 24.5 Å². The summed E-state index contributed by atoms with van der Waals surface area (Å²) in [6, 6.07) is -0.715. The Morgan fingerprint density at radius 1 is 0.468 bits per heavy atom. The molecular weight excluding hydrogens is 767 g/mol. The van der Waals surface area contributed by atoms with Crippen LogP contribution in [0.25, 0.3) is 0 Å². The number of aliphatic hydroxyl groups is 2. The van der Waals surface area contributed by atoms with E-state index in [-0.39, 0.29) is 31.3 Å². The van der Waals surface area contributed by atoms with Crippen LogP contribution in [-0.4, -0.2) is 46.9 Å². The quantitative estimate of drug-likeness (QED) is 0.0321. The molecule has 0 rings (SSSR count). The summed E-state index contributed by atoms with van der Waals surface area (Å²) in [5, 5.41) is 23.8. The van der Waals surface area contributed by atoms with Crippen LogP contribution in [-0.2, 0) is 14.3 Å². The second-order valence-corrected chi connectivity index (χ2v) is 18.6. The van der Waals surface area contributed by atoms with E-state index in [4.69, 9.17) is 4.74 Å². The van der Waals surface area contributed by atoms with Crippen LogP contribution in [0, 0.1) is 0 Å². The van der Waals surface area contributed by atoms with Crippen LogP contribution in [0.5, 0.6) is 0 Å². The fraction of sp³-hybridized carbons (Fsp3) is 0.857. The molecule has 0 aliphatic carbocycles. The van der Waals surface area contributed by atoms with Crippen LogP contribution >= 0.6 is 0 Å². The van der Waals surface area contributed by atoms with Crippen molar-refractivity contribution in [2.24, 2.45) is 0 Å². The summed E-state index contributed by atoms with van der Waals surface area (Å²) in [6.07, 6.45) is 59.3. The summed E-state index contributed by atoms with van der Waals surface area (Å²) in [4.78, 5) is 26.1. The van der Waals surface area contributed by atoms with Crippen molar-refractivity contribution in [3.8, 4) is 0 Å². The Morgan fingerprint density at radius 3 is 1.26 bits per heavy atom. The first-order chi connectivity index (χ1) is 30.5. The maximum atomic E-state index is 13.2. The fourth-order valence-electron chi connectivity index (χ4n) is 8.30. The van der Waals surface area contributed by atoms with Gasteiger partial charge in [0.2, 0.25) is 5.91 Å². The summed E-state index contributed by atoms with van der Waals surface area (Å²) in [5.74, 6) is -0.560. The molecule has 0 aliphatic heterocycles. The number of nitrogens with one attached hydrogen (secondary N) is 1. The third-order valence-corrected chi connectivity index (χ3v) is 12.5. The van der Waals surface area contributed by atoms with E-state index in [1.807, 2.05) is 6.08 Å². The van der Waals surface area contributed by atoms with Gasteiger partial charge >= 0.3 is 5.97 Å². The normalized spacial score (nSPS) is 13.4. The highest BCUT2D eigenvalue weighted by molar-refractivity contribution is 5.77. The van der Waals surface area contributed by atoms with Gasteiger partial charge in [-0.05, 0) is 70.6 Å². The molecule has 0 bridgehead atoms. The van der Waals surface area contributed by atoms with Gasteiger partial charge in [-0.25, -0.2) is 0 Å². The summed E-state index contributed by atoms with van der Waals surface area (Å²) >= 11 is 0.